The van der Waals surface area contributed by atoms with Gasteiger partial charge in [-0.3, -0.25) is 9.59 Å². The van der Waals surface area contributed by atoms with Crippen LogP contribution in [0.5, 0.6) is 0 Å². The van der Waals surface area contributed by atoms with E-state index < -0.39 is 24.3 Å². The molecule has 0 aliphatic carbocycles. The molecule has 26 heavy (non-hydrogen) atoms. The second-order valence-corrected chi connectivity index (χ2v) is 6.42. The smallest absolute Gasteiger partial charge is 0.310 e. The Morgan fingerprint density at radius 2 is 1.88 bits per heavy atom. The van der Waals surface area contributed by atoms with E-state index in [-0.39, 0.29) is 17.0 Å². The van der Waals surface area contributed by atoms with Crippen molar-refractivity contribution in [3.8, 4) is 0 Å². The molecule has 1 atom stereocenters. The lowest BCUT2D eigenvalue weighted by atomic mass is 9.99. The zero-order valence-electron chi connectivity index (χ0n) is 14.7. The van der Waals surface area contributed by atoms with Crippen molar-refractivity contribution in [2.75, 3.05) is 11.9 Å². The molecule has 0 aliphatic heterocycles. The third-order valence-corrected chi connectivity index (χ3v) is 4.48. The number of amides is 1. The SMILES string of the molecule is CC[C@@H](C)c1ccc(NC(=O)COC(=O)Cc2c(F)cccc2Cl)cc1. The van der Waals surface area contributed by atoms with E-state index in [1.54, 1.807) is 12.1 Å². The number of ether oxygens (including phenoxy) is 1. The predicted octanol–water partition coefficient (Wildman–Crippen LogP) is 4.72. The van der Waals surface area contributed by atoms with E-state index in [1.807, 2.05) is 12.1 Å². The molecule has 4 nitrogen and oxygen atoms in total. The third kappa shape index (κ3) is 5.56. The molecule has 2 aromatic rings. The summed E-state index contributed by atoms with van der Waals surface area (Å²) in [5.74, 6) is -1.32. The van der Waals surface area contributed by atoms with Crippen molar-refractivity contribution in [1.82, 2.24) is 0 Å². The Morgan fingerprint density at radius 3 is 2.50 bits per heavy atom. The van der Waals surface area contributed by atoms with E-state index >= 15 is 0 Å². The Morgan fingerprint density at radius 1 is 1.19 bits per heavy atom. The molecular formula is C20H21ClFNO3. The molecule has 0 heterocycles. The summed E-state index contributed by atoms with van der Waals surface area (Å²) in [6.45, 7) is 3.80. The molecule has 2 rings (SSSR count). The molecule has 0 radical (unpaired) electrons. The van der Waals surface area contributed by atoms with Crippen LogP contribution in [0.1, 0.15) is 37.3 Å². The minimum Gasteiger partial charge on any atom is -0.455 e. The number of carbonyl (C=O) groups excluding carboxylic acids is 2. The molecule has 6 heteroatoms. The first-order valence-corrected chi connectivity index (χ1v) is 8.76. The fraction of sp³-hybridized carbons (Fsp3) is 0.300. The van der Waals surface area contributed by atoms with Gasteiger partial charge in [0.05, 0.1) is 6.42 Å². The molecule has 2 aromatic carbocycles. The lowest BCUT2D eigenvalue weighted by Crippen LogP contribution is -2.22. The van der Waals surface area contributed by atoms with Gasteiger partial charge < -0.3 is 10.1 Å². The minimum atomic E-state index is -0.723. The number of anilines is 1. The number of benzene rings is 2. The van der Waals surface area contributed by atoms with Crippen LogP contribution in [-0.2, 0) is 20.7 Å². The monoisotopic (exact) mass is 377 g/mol. The molecule has 0 saturated heterocycles. The van der Waals surface area contributed by atoms with Crippen molar-refractivity contribution >= 4 is 29.2 Å². The number of hydrogen-bond acceptors (Lipinski definition) is 3. The van der Waals surface area contributed by atoms with Gasteiger partial charge in [-0.05, 0) is 42.2 Å². The molecule has 0 aliphatic rings. The van der Waals surface area contributed by atoms with E-state index in [9.17, 15) is 14.0 Å². The quantitative estimate of drug-likeness (QED) is 0.710. The van der Waals surface area contributed by atoms with Gasteiger partial charge in [0.25, 0.3) is 5.91 Å². The minimum absolute atomic E-state index is 0.0557. The summed E-state index contributed by atoms with van der Waals surface area (Å²) >= 11 is 5.86. The fourth-order valence-corrected chi connectivity index (χ4v) is 2.60. The average molecular weight is 378 g/mol. The summed E-state index contributed by atoms with van der Waals surface area (Å²) in [6, 6.07) is 11.7. The highest BCUT2D eigenvalue weighted by Gasteiger charge is 2.14. The summed E-state index contributed by atoms with van der Waals surface area (Å²) in [6.07, 6.45) is 0.704. The van der Waals surface area contributed by atoms with Crippen molar-refractivity contribution in [1.29, 1.82) is 0 Å². The van der Waals surface area contributed by atoms with Crippen LogP contribution in [-0.4, -0.2) is 18.5 Å². The molecule has 0 saturated carbocycles. The van der Waals surface area contributed by atoms with Gasteiger partial charge in [0, 0.05) is 16.3 Å². The highest BCUT2D eigenvalue weighted by Crippen LogP contribution is 2.21. The normalized spacial score (nSPS) is 11.7. The Labute approximate surface area is 157 Å². The molecule has 1 N–H and O–H groups in total. The molecule has 0 bridgehead atoms. The van der Waals surface area contributed by atoms with Crippen molar-refractivity contribution in [2.24, 2.45) is 0 Å². The van der Waals surface area contributed by atoms with E-state index in [0.29, 0.717) is 11.6 Å². The van der Waals surface area contributed by atoms with Gasteiger partial charge in [0.2, 0.25) is 0 Å². The number of carbonyl (C=O) groups is 2. The molecule has 0 fully saturated rings. The van der Waals surface area contributed by atoms with Crippen molar-refractivity contribution in [3.63, 3.8) is 0 Å². The lowest BCUT2D eigenvalue weighted by molar-refractivity contribution is -0.146. The maximum Gasteiger partial charge on any atom is 0.310 e. The van der Waals surface area contributed by atoms with Crippen LogP contribution >= 0.6 is 11.6 Å². The van der Waals surface area contributed by atoms with Crippen LogP contribution in [0.2, 0.25) is 5.02 Å². The fourth-order valence-electron chi connectivity index (χ4n) is 2.37. The van der Waals surface area contributed by atoms with Gasteiger partial charge in [-0.15, -0.1) is 0 Å². The zero-order chi connectivity index (χ0) is 19.1. The largest absolute Gasteiger partial charge is 0.455 e. The Bertz CT molecular complexity index is 757. The molecule has 0 unspecified atom stereocenters. The third-order valence-electron chi connectivity index (χ3n) is 4.12. The first kappa shape index (κ1) is 19.9. The second-order valence-electron chi connectivity index (χ2n) is 6.02. The van der Waals surface area contributed by atoms with E-state index in [4.69, 9.17) is 16.3 Å². The van der Waals surface area contributed by atoms with Gasteiger partial charge in [-0.2, -0.15) is 0 Å². The van der Waals surface area contributed by atoms with Gasteiger partial charge in [0.15, 0.2) is 6.61 Å². The van der Waals surface area contributed by atoms with Crippen LogP contribution in [0.3, 0.4) is 0 Å². The molecular weight excluding hydrogens is 357 g/mol. The number of esters is 1. The lowest BCUT2D eigenvalue weighted by Gasteiger charge is -2.11. The predicted molar refractivity (Wildman–Crippen MR) is 99.9 cm³/mol. The number of nitrogens with one attached hydrogen (secondary N) is 1. The average Bonchev–Trinajstić information content (AvgIpc) is 2.63. The Hall–Kier alpha value is -2.40. The van der Waals surface area contributed by atoms with Crippen molar-refractivity contribution in [3.05, 3.63) is 64.4 Å². The molecule has 1 amide bonds. The topological polar surface area (TPSA) is 55.4 Å². The number of hydrogen-bond donors (Lipinski definition) is 1. The van der Waals surface area contributed by atoms with Crippen LogP contribution in [0.25, 0.3) is 0 Å². The summed E-state index contributed by atoms with van der Waals surface area (Å²) in [5.41, 5.74) is 1.87. The van der Waals surface area contributed by atoms with Crippen molar-refractivity contribution in [2.45, 2.75) is 32.6 Å². The summed E-state index contributed by atoms with van der Waals surface area (Å²) in [5, 5.41) is 2.80. The van der Waals surface area contributed by atoms with Gasteiger partial charge in [-0.1, -0.05) is 43.6 Å². The summed E-state index contributed by atoms with van der Waals surface area (Å²) in [7, 11) is 0. The Kier molecular flexibility index (Phi) is 7.16. The summed E-state index contributed by atoms with van der Waals surface area (Å²) < 4.78 is 18.5. The van der Waals surface area contributed by atoms with E-state index in [2.05, 4.69) is 19.2 Å². The molecule has 0 aromatic heterocycles. The standard InChI is InChI=1S/C20H21ClFNO3/c1-3-13(2)14-7-9-15(10-8-14)23-19(24)12-26-20(25)11-16-17(21)5-4-6-18(16)22/h4-10,13H,3,11-12H2,1-2H3,(H,23,24)/t13-/m1/s1. The second kappa shape index (κ2) is 9.34. The molecule has 0 spiro atoms. The number of rotatable bonds is 7. The maximum absolute atomic E-state index is 13.6. The highest BCUT2D eigenvalue weighted by atomic mass is 35.5. The Balaban J connectivity index is 1.84. The summed E-state index contributed by atoms with van der Waals surface area (Å²) in [4.78, 5) is 23.7. The van der Waals surface area contributed by atoms with Gasteiger partial charge in [-0.25, -0.2) is 4.39 Å². The zero-order valence-corrected chi connectivity index (χ0v) is 15.5. The van der Waals surface area contributed by atoms with Crippen LogP contribution in [0.4, 0.5) is 10.1 Å². The van der Waals surface area contributed by atoms with Gasteiger partial charge in [0.1, 0.15) is 5.82 Å². The van der Waals surface area contributed by atoms with E-state index in [1.165, 1.54) is 23.8 Å². The molecule has 138 valence electrons. The van der Waals surface area contributed by atoms with E-state index in [0.717, 1.165) is 6.42 Å². The van der Waals surface area contributed by atoms with Crippen LogP contribution < -0.4 is 5.32 Å². The van der Waals surface area contributed by atoms with Crippen LogP contribution in [0.15, 0.2) is 42.5 Å². The highest BCUT2D eigenvalue weighted by molar-refractivity contribution is 6.31. The maximum atomic E-state index is 13.6. The van der Waals surface area contributed by atoms with Gasteiger partial charge >= 0.3 is 5.97 Å². The van der Waals surface area contributed by atoms with Crippen molar-refractivity contribution < 1.29 is 18.7 Å². The number of halogens is 2. The first-order valence-electron chi connectivity index (χ1n) is 8.39. The van der Waals surface area contributed by atoms with Crippen LogP contribution in [0, 0.1) is 5.82 Å². The first-order chi connectivity index (χ1) is 12.4.